The molecular weight excluding hydrogens is 331 g/mol. The van der Waals surface area contributed by atoms with E-state index >= 15 is 0 Å². The number of rotatable bonds is 7. The van der Waals surface area contributed by atoms with Crippen LogP contribution in [0.1, 0.15) is 36.0 Å². The number of nitrogens with zero attached hydrogens (tertiary/aromatic N) is 2. The molecule has 1 heterocycles. The van der Waals surface area contributed by atoms with E-state index in [9.17, 15) is 14.3 Å². The highest BCUT2D eigenvalue weighted by Crippen LogP contribution is 2.31. The number of hydrogen-bond donors (Lipinski definition) is 3. The summed E-state index contributed by atoms with van der Waals surface area (Å²) in [4.78, 5) is 12.6. The fraction of sp³-hybridized carbons (Fsp3) is 0.250. The topological polar surface area (TPSA) is 99.0 Å². The number of carbonyl (C=O) groups is 1. The molecule has 0 bridgehead atoms. The number of aliphatic hydroxyl groups excluding tert-OH is 1. The van der Waals surface area contributed by atoms with Crippen LogP contribution in [0.25, 0.3) is 11.3 Å². The van der Waals surface area contributed by atoms with E-state index in [4.69, 9.17) is 5.41 Å². The van der Waals surface area contributed by atoms with Crippen LogP contribution >= 0.6 is 11.7 Å². The fourth-order valence-electron chi connectivity index (χ4n) is 2.13. The predicted molar refractivity (Wildman–Crippen MR) is 90.8 cm³/mol. The van der Waals surface area contributed by atoms with Crippen molar-refractivity contribution in [2.24, 2.45) is 0 Å². The van der Waals surface area contributed by atoms with Gasteiger partial charge in [0.05, 0.1) is 23.4 Å². The summed E-state index contributed by atoms with van der Waals surface area (Å²) in [5.74, 6) is -0.950. The van der Waals surface area contributed by atoms with Gasteiger partial charge in [0, 0.05) is 24.5 Å². The second-order valence-corrected chi connectivity index (χ2v) is 5.53. The molecule has 126 valence electrons. The van der Waals surface area contributed by atoms with Crippen molar-refractivity contribution in [3.05, 3.63) is 47.0 Å². The molecule has 0 unspecified atom stereocenters. The van der Waals surface area contributed by atoms with Crippen LogP contribution in [0.3, 0.4) is 0 Å². The largest absolute Gasteiger partial charge is 0.391 e. The summed E-state index contributed by atoms with van der Waals surface area (Å²) in [5, 5.41) is 20.1. The standard InChI is InChI=1S/C16H17FN4O2S/c1-3-19-8-10(7-18)16(23)15-14(20-24-21-15)12-5-4-11(17)6-13(12)9(2)22/h4-9,18-19,22H,3H2,1-2H3/b10-8+,18-7?/t9-/m1/s1. The summed E-state index contributed by atoms with van der Waals surface area (Å²) in [6.45, 7) is 3.98. The number of ketones is 1. The Balaban J connectivity index is 2.52. The molecule has 2 rings (SSSR count). The third-order valence-electron chi connectivity index (χ3n) is 3.30. The molecule has 0 saturated carbocycles. The highest BCUT2D eigenvalue weighted by Gasteiger charge is 2.23. The van der Waals surface area contributed by atoms with E-state index in [0.29, 0.717) is 17.7 Å². The maximum Gasteiger partial charge on any atom is 0.217 e. The van der Waals surface area contributed by atoms with Gasteiger partial charge < -0.3 is 15.8 Å². The van der Waals surface area contributed by atoms with Crippen molar-refractivity contribution in [3.63, 3.8) is 0 Å². The van der Waals surface area contributed by atoms with Gasteiger partial charge in [0.1, 0.15) is 11.5 Å². The second kappa shape index (κ2) is 7.89. The number of nitrogens with one attached hydrogen (secondary N) is 2. The zero-order chi connectivity index (χ0) is 17.7. The number of hydrogen-bond acceptors (Lipinski definition) is 7. The minimum atomic E-state index is -0.931. The second-order valence-electron chi connectivity index (χ2n) is 5.00. The summed E-state index contributed by atoms with van der Waals surface area (Å²) >= 11 is 0.847. The molecule has 0 saturated heterocycles. The van der Waals surface area contributed by atoms with Gasteiger partial charge in [0.15, 0.2) is 5.69 Å². The Morgan fingerprint density at radius 1 is 1.50 bits per heavy atom. The van der Waals surface area contributed by atoms with Crippen molar-refractivity contribution in [3.8, 4) is 11.3 Å². The Bertz CT molecular complexity index is 786. The van der Waals surface area contributed by atoms with E-state index in [-0.39, 0.29) is 17.0 Å². The molecule has 8 heteroatoms. The van der Waals surface area contributed by atoms with Crippen LogP contribution in [0.2, 0.25) is 0 Å². The van der Waals surface area contributed by atoms with Gasteiger partial charge in [0.2, 0.25) is 5.78 Å². The molecule has 0 spiro atoms. The smallest absolute Gasteiger partial charge is 0.217 e. The summed E-state index contributed by atoms with van der Waals surface area (Å²) < 4.78 is 21.6. The zero-order valence-electron chi connectivity index (χ0n) is 13.2. The molecule has 6 nitrogen and oxygen atoms in total. The Kier molecular flexibility index (Phi) is 5.88. The number of aromatic nitrogens is 2. The molecule has 0 radical (unpaired) electrons. The van der Waals surface area contributed by atoms with E-state index in [0.717, 1.165) is 17.9 Å². The minimum Gasteiger partial charge on any atom is -0.391 e. The highest BCUT2D eigenvalue weighted by atomic mass is 32.1. The molecule has 1 aromatic carbocycles. The van der Waals surface area contributed by atoms with Crippen LogP contribution in [0.4, 0.5) is 4.39 Å². The van der Waals surface area contributed by atoms with Gasteiger partial charge in [-0.05, 0) is 37.6 Å². The van der Waals surface area contributed by atoms with E-state index < -0.39 is 17.7 Å². The minimum absolute atomic E-state index is 0.0705. The van der Waals surface area contributed by atoms with Gasteiger partial charge in [-0.1, -0.05) is 0 Å². The molecule has 0 aliphatic heterocycles. The number of allylic oxidation sites excluding steroid dienone is 1. The zero-order valence-corrected chi connectivity index (χ0v) is 14.0. The van der Waals surface area contributed by atoms with Crippen molar-refractivity contribution in [1.82, 2.24) is 14.1 Å². The van der Waals surface area contributed by atoms with E-state index in [1.807, 2.05) is 6.92 Å². The average Bonchev–Trinajstić information content (AvgIpc) is 3.04. The third-order valence-corrected chi connectivity index (χ3v) is 3.83. The molecule has 0 fully saturated rings. The summed E-state index contributed by atoms with van der Waals surface area (Å²) in [5.41, 5.74) is 1.23. The van der Waals surface area contributed by atoms with Gasteiger partial charge in [-0.15, -0.1) is 0 Å². The summed E-state index contributed by atoms with van der Waals surface area (Å²) in [6, 6.07) is 3.91. The van der Waals surface area contributed by atoms with E-state index in [1.165, 1.54) is 31.3 Å². The molecule has 1 atom stereocenters. The molecule has 3 N–H and O–H groups in total. The van der Waals surface area contributed by atoms with Gasteiger partial charge in [-0.25, -0.2) is 4.39 Å². The van der Waals surface area contributed by atoms with Crippen LogP contribution in [-0.4, -0.2) is 32.4 Å². The Hall–Kier alpha value is -2.45. The predicted octanol–water partition coefficient (Wildman–Crippen LogP) is 2.72. The van der Waals surface area contributed by atoms with Gasteiger partial charge >= 0.3 is 0 Å². The Morgan fingerprint density at radius 3 is 2.88 bits per heavy atom. The first-order valence-electron chi connectivity index (χ1n) is 7.28. The number of Topliss-reactive ketones (excluding diaryl/α,β-unsaturated/α-hetero) is 1. The highest BCUT2D eigenvalue weighted by molar-refractivity contribution is 6.99. The molecule has 0 aliphatic rings. The monoisotopic (exact) mass is 348 g/mol. The molecule has 1 aromatic heterocycles. The lowest BCUT2D eigenvalue weighted by molar-refractivity contribution is 0.103. The van der Waals surface area contributed by atoms with Crippen LogP contribution in [0.5, 0.6) is 0 Å². The van der Waals surface area contributed by atoms with Crippen molar-refractivity contribution >= 4 is 23.7 Å². The molecular formula is C16H17FN4O2S. The first-order chi connectivity index (χ1) is 11.5. The quantitative estimate of drug-likeness (QED) is 0.406. The molecule has 0 amide bonds. The first kappa shape index (κ1) is 17.9. The molecule has 24 heavy (non-hydrogen) atoms. The first-order valence-corrected chi connectivity index (χ1v) is 8.01. The van der Waals surface area contributed by atoms with Crippen LogP contribution < -0.4 is 5.32 Å². The maximum atomic E-state index is 13.5. The van der Waals surface area contributed by atoms with E-state index in [1.54, 1.807) is 0 Å². The lowest BCUT2D eigenvalue weighted by atomic mass is 9.97. The average molecular weight is 348 g/mol. The number of carbonyl (C=O) groups excluding carboxylic acids is 1. The van der Waals surface area contributed by atoms with Crippen LogP contribution in [0, 0.1) is 11.2 Å². The number of aliphatic hydroxyl groups is 1. The molecule has 2 aromatic rings. The van der Waals surface area contributed by atoms with Crippen LogP contribution in [-0.2, 0) is 0 Å². The van der Waals surface area contributed by atoms with Crippen molar-refractivity contribution in [2.45, 2.75) is 20.0 Å². The van der Waals surface area contributed by atoms with Gasteiger partial charge in [-0.2, -0.15) is 8.75 Å². The van der Waals surface area contributed by atoms with Crippen molar-refractivity contribution < 1.29 is 14.3 Å². The fourth-order valence-corrected chi connectivity index (χ4v) is 2.69. The number of benzene rings is 1. The lowest BCUT2D eigenvalue weighted by Crippen LogP contribution is -2.12. The SMILES string of the molecule is CCN/C=C(\C=N)C(=O)c1nsnc1-c1ccc(F)cc1[C@@H](C)O. The Morgan fingerprint density at radius 2 is 2.25 bits per heavy atom. The Labute approximate surface area is 142 Å². The van der Waals surface area contributed by atoms with Gasteiger partial charge in [-0.3, -0.25) is 4.79 Å². The van der Waals surface area contributed by atoms with Gasteiger partial charge in [0.25, 0.3) is 0 Å². The lowest BCUT2D eigenvalue weighted by Gasteiger charge is -2.11. The van der Waals surface area contributed by atoms with Crippen molar-refractivity contribution in [2.75, 3.05) is 6.54 Å². The van der Waals surface area contributed by atoms with E-state index in [2.05, 4.69) is 14.1 Å². The maximum absolute atomic E-state index is 13.5. The van der Waals surface area contributed by atoms with Crippen LogP contribution in [0.15, 0.2) is 30.0 Å². The normalized spacial score (nSPS) is 12.8. The number of halogens is 1. The summed E-state index contributed by atoms with van der Waals surface area (Å²) in [6.07, 6.45) is 1.45. The molecule has 0 aliphatic carbocycles. The summed E-state index contributed by atoms with van der Waals surface area (Å²) in [7, 11) is 0. The van der Waals surface area contributed by atoms with Crippen molar-refractivity contribution in [1.29, 1.82) is 5.41 Å². The third kappa shape index (κ3) is 3.72.